The molecule has 1 N–H and O–H groups in total. The van der Waals surface area contributed by atoms with E-state index in [2.05, 4.69) is 19.2 Å². The number of hydroxylamine groups is 2. The number of ether oxygens (including phenoxy) is 1. The Labute approximate surface area is 204 Å². The molecule has 2 aromatic carbocycles. The van der Waals surface area contributed by atoms with E-state index < -0.39 is 23.7 Å². The molecule has 0 aromatic heterocycles. The summed E-state index contributed by atoms with van der Waals surface area (Å²) in [5.41, 5.74) is 0.309. The average Bonchev–Trinajstić information content (AvgIpc) is 2.77. The molecule has 2 aromatic rings. The summed E-state index contributed by atoms with van der Waals surface area (Å²) in [6.07, 6.45) is 5.97. The molecule has 34 heavy (non-hydrogen) atoms. The fraction of sp³-hybridized carbons (Fsp3) is 0.571. The van der Waals surface area contributed by atoms with Gasteiger partial charge in [-0.15, -0.1) is 5.06 Å². The molecule has 6 nitrogen and oxygen atoms in total. The normalized spacial score (nSPS) is 12.5. The second kappa shape index (κ2) is 14.0. The highest BCUT2D eigenvalue weighted by molar-refractivity contribution is 5.87. The van der Waals surface area contributed by atoms with E-state index in [0.29, 0.717) is 19.5 Å². The van der Waals surface area contributed by atoms with Crippen molar-refractivity contribution in [2.45, 2.75) is 91.2 Å². The van der Waals surface area contributed by atoms with Crippen LogP contribution in [0.1, 0.15) is 78.7 Å². The summed E-state index contributed by atoms with van der Waals surface area (Å²) in [6, 6.07) is 13.2. The molecule has 0 aliphatic rings. The third-order valence-electron chi connectivity index (χ3n) is 5.52. The molecule has 0 aliphatic heterocycles. The van der Waals surface area contributed by atoms with Gasteiger partial charge in [-0.05, 0) is 49.9 Å². The van der Waals surface area contributed by atoms with Gasteiger partial charge >= 0.3 is 12.1 Å². The lowest BCUT2D eigenvalue weighted by Crippen LogP contribution is -2.47. The fourth-order valence-electron chi connectivity index (χ4n) is 3.80. The van der Waals surface area contributed by atoms with Gasteiger partial charge in [0.05, 0.1) is 0 Å². The van der Waals surface area contributed by atoms with Crippen LogP contribution in [0.2, 0.25) is 0 Å². The first kappa shape index (κ1) is 27.6. The molecule has 1 amide bonds. The van der Waals surface area contributed by atoms with Crippen LogP contribution in [0.25, 0.3) is 10.8 Å². The van der Waals surface area contributed by atoms with Gasteiger partial charge in [0.15, 0.2) is 0 Å². The lowest BCUT2D eigenvalue weighted by atomic mass is 9.99. The standard InChI is InChI=1S/C28H42N2O4/c1-6-8-12-19-30(20-13-9-7-2)34-26(31)25(29-27(32)33-28(3,4)5)21-23-17-14-16-22-15-10-11-18-24(22)23/h10-11,14-18,25H,6-9,12-13,19-21H2,1-5H3,(H,29,32)/t25-/m1/s1. The number of nitrogens with one attached hydrogen (secondary N) is 1. The first-order chi connectivity index (χ1) is 16.2. The maximum atomic E-state index is 13.3. The first-order valence-corrected chi connectivity index (χ1v) is 12.7. The van der Waals surface area contributed by atoms with E-state index >= 15 is 0 Å². The molecule has 0 heterocycles. The SMILES string of the molecule is CCCCCN(CCCCC)OC(=O)[C@@H](Cc1cccc2ccccc12)NC(=O)OC(C)(C)C. The predicted octanol–water partition coefficient (Wildman–Crippen LogP) is 6.42. The van der Waals surface area contributed by atoms with Crippen LogP contribution in [0.3, 0.4) is 0 Å². The highest BCUT2D eigenvalue weighted by atomic mass is 16.7. The highest BCUT2D eigenvalue weighted by Crippen LogP contribution is 2.20. The van der Waals surface area contributed by atoms with Gasteiger partial charge in [-0.3, -0.25) is 0 Å². The summed E-state index contributed by atoms with van der Waals surface area (Å²) >= 11 is 0. The van der Waals surface area contributed by atoms with Crippen LogP contribution in [0.4, 0.5) is 4.79 Å². The molecule has 6 heteroatoms. The van der Waals surface area contributed by atoms with Crippen molar-refractivity contribution >= 4 is 22.8 Å². The molecule has 1 atom stereocenters. The molecular formula is C28H42N2O4. The van der Waals surface area contributed by atoms with E-state index in [-0.39, 0.29) is 0 Å². The van der Waals surface area contributed by atoms with Crippen molar-refractivity contribution in [3.63, 3.8) is 0 Å². The maximum Gasteiger partial charge on any atom is 0.408 e. The van der Waals surface area contributed by atoms with E-state index in [9.17, 15) is 9.59 Å². The number of hydrogen-bond donors (Lipinski definition) is 1. The Kier molecular flexibility index (Phi) is 11.3. The number of amides is 1. The van der Waals surface area contributed by atoms with Crippen molar-refractivity contribution in [1.82, 2.24) is 10.4 Å². The van der Waals surface area contributed by atoms with Gasteiger partial charge < -0.3 is 14.9 Å². The summed E-state index contributed by atoms with van der Waals surface area (Å²) in [7, 11) is 0. The zero-order valence-corrected chi connectivity index (χ0v) is 21.6. The molecule has 188 valence electrons. The van der Waals surface area contributed by atoms with E-state index in [4.69, 9.17) is 9.57 Å². The number of carbonyl (C=O) groups excluding carboxylic acids is 2. The van der Waals surface area contributed by atoms with Crippen LogP contribution in [0.5, 0.6) is 0 Å². The summed E-state index contributed by atoms with van der Waals surface area (Å²) in [5.74, 6) is -0.466. The van der Waals surface area contributed by atoms with Crippen LogP contribution < -0.4 is 5.32 Å². The number of benzene rings is 2. The Hall–Kier alpha value is -2.60. The topological polar surface area (TPSA) is 67.9 Å². The number of rotatable bonds is 13. The minimum Gasteiger partial charge on any atom is -0.444 e. The largest absolute Gasteiger partial charge is 0.444 e. The van der Waals surface area contributed by atoms with Crippen molar-refractivity contribution < 1.29 is 19.2 Å². The van der Waals surface area contributed by atoms with Crippen LogP contribution in [-0.4, -0.2) is 41.9 Å². The van der Waals surface area contributed by atoms with Gasteiger partial charge in [0, 0.05) is 19.5 Å². The van der Waals surface area contributed by atoms with Gasteiger partial charge in [0.25, 0.3) is 0 Å². The van der Waals surface area contributed by atoms with Gasteiger partial charge in [-0.2, -0.15) is 0 Å². The Morgan fingerprint density at radius 2 is 1.53 bits per heavy atom. The molecule has 0 aliphatic carbocycles. The Morgan fingerprint density at radius 1 is 0.912 bits per heavy atom. The number of fused-ring (bicyclic) bond motifs is 1. The van der Waals surface area contributed by atoms with Gasteiger partial charge in [0.2, 0.25) is 0 Å². The molecule has 0 unspecified atom stereocenters. The minimum absolute atomic E-state index is 0.317. The van der Waals surface area contributed by atoms with Crippen LogP contribution in [0, 0.1) is 0 Å². The Balaban J connectivity index is 2.21. The predicted molar refractivity (Wildman–Crippen MR) is 138 cm³/mol. The number of hydrogen-bond acceptors (Lipinski definition) is 5. The van der Waals surface area contributed by atoms with Crippen molar-refractivity contribution in [3.05, 3.63) is 48.0 Å². The molecule has 0 bridgehead atoms. The van der Waals surface area contributed by atoms with Crippen molar-refractivity contribution in [1.29, 1.82) is 0 Å². The summed E-state index contributed by atoms with van der Waals surface area (Å²) in [5, 5.41) is 6.67. The van der Waals surface area contributed by atoms with Crippen LogP contribution in [0.15, 0.2) is 42.5 Å². The fourth-order valence-corrected chi connectivity index (χ4v) is 3.80. The number of alkyl carbamates (subject to hydrolysis) is 1. The monoisotopic (exact) mass is 470 g/mol. The molecule has 0 radical (unpaired) electrons. The number of unbranched alkanes of at least 4 members (excludes halogenated alkanes) is 4. The van der Waals surface area contributed by atoms with Crippen molar-refractivity contribution in [2.75, 3.05) is 13.1 Å². The van der Waals surface area contributed by atoms with Gasteiger partial charge in [0.1, 0.15) is 11.6 Å². The molecular weight excluding hydrogens is 428 g/mol. The quantitative estimate of drug-likeness (QED) is 0.270. The molecule has 0 fully saturated rings. The smallest absolute Gasteiger partial charge is 0.408 e. The van der Waals surface area contributed by atoms with Crippen molar-refractivity contribution in [2.24, 2.45) is 0 Å². The number of carbonyl (C=O) groups is 2. The summed E-state index contributed by atoms with van der Waals surface area (Å²) in [6.45, 7) is 11.1. The molecule has 2 rings (SSSR count). The summed E-state index contributed by atoms with van der Waals surface area (Å²) < 4.78 is 5.44. The molecule has 0 saturated heterocycles. The van der Waals surface area contributed by atoms with Gasteiger partial charge in [-0.25, -0.2) is 9.59 Å². The first-order valence-electron chi connectivity index (χ1n) is 12.7. The van der Waals surface area contributed by atoms with E-state index in [1.807, 2.05) is 42.5 Å². The van der Waals surface area contributed by atoms with E-state index in [1.54, 1.807) is 25.8 Å². The highest BCUT2D eigenvalue weighted by Gasteiger charge is 2.28. The number of nitrogens with zero attached hydrogens (tertiary/aromatic N) is 1. The van der Waals surface area contributed by atoms with Crippen LogP contribution >= 0.6 is 0 Å². The van der Waals surface area contributed by atoms with E-state index in [0.717, 1.165) is 54.9 Å². The zero-order valence-electron chi connectivity index (χ0n) is 21.6. The maximum absolute atomic E-state index is 13.3. The zero-order chi connectivity index (χ0) is 25.0. The molecule has 0 spiro atoms. The van der Waals surface area contributed by atoms with E-state index in [1.165, 1.54) is 0 Å². The average molecular weight is 471 g/mol. The third-order valence-corrected chi connectivity index (χ3v) is 5.52. The molecule has 0 saturated carbocycles. The lowest BCUT2D eigenvalue weighted by Gasteiger charge is -2.26. The summed E-state index contributed by atoms with van der Waals surface area (Å²) in [4.78, 5) is 31.8. The van der Waals surface area contributed by atoms with Crippen LogP contribution in [-0.2, 0) is 20.8 Å². The Bertz CT molecular complexity index is 891. The van der Waals surface area contributed by atoms with Crippen molar-refractivity contribution in [3.8, 4) is 0 Å². The second-order valence-electron chi connectivity index (χ2n) is 9.79. The second-order valence-corrected chi connectivity index (χ2v) is 9.79. The third kappa shape index (κ3) is 9.72. The minimum atomic E-state index is -0.861. The Morgan fingerprint density at radius 3 is 2.15 bits per heavy atom. The van der Waals surface area contributed by atoms with Gasteiger partial charge in [-0.1, -0.05) is 82.0 Å². The lowest BCUT2D eigenvalue weighted by molar-refractivity contribution is -0.193.